The van der Waals surface area contributed by atoms with Gasteiger partial charge in [0.15, 0.2) is 24.1 Å². The zero-order valence-electron chi connectivity index (χ0n) is 59.5. The van der Waals surface area contributed by atoms with E-state index in [1.54, 1.807) is 64.3 Å². The molecule has 8 aromatic rings. The fraction of sp³-hybridized carbons (Fsp3) is 0.397. The number of imidazole rings is 3. The van der Waals surface area contributed by atoms with Crippen LogP contribution >= 0.6 is 0 Å². The number of carbonyl (C=O) groups is 10. The molecule has 0 aliphatic heterocycles. The van der Waals surface area contributed by atoms with Crippen molar-refractivity contribution in [3.05, 3.63) is 124 Å². The summed E-state index contributed by atoms with van der Waals surface area (Å²) in [6, 6.07) is 9.84. The van der Waals surface area contributed by atoms with Gasteiger partial charge < -0.3 is 105 Å². The molecule has 0 spiro atoms. The predicted molar refractivity (Wildman–Crippen MR) is 382 cm³/mol. The number of nitrogens with one attached hydrogen (secondary N) is 11. The topological polar surface area (TPSA) is 440 Å². The van der Waals surface area contributed by atoms with Crippen molar-refractivity contribution in [3.63, 3.8) is 0 Å². The minimum Gasteiger partial charge on any atom is -0.497 e. The van der Waals surface area contributed by atoms with Gasteiger partial charge in [0.25, 0.3) is 41.0 Å². The Kier molecular flexibility index (Phi) is 27.5. The fourth-order valence-electron chi connectivity index (χ4n) is 10.8. The van der Waals surface area contributed by atoms with E-state index in [1.165, 1.54) is 69.4 Å². The number of nitrogens with zero attached hydrogens (tertiary/aromatic N) is 10. The van der Waals surface area contributed by atoms with Crippen molar-refractivity contribution in [2.75, 3.05) is 115 Å². The number of ether oxygens (including phenoxy) is 4. The summed E-state index contributed by atoms with van der Waals surface area (Å²) in [7, 11) is 13.0. The van der Waals surface area contributed by atoms with Crippen molar-refractivity contribution in [2.45, 2.75) is 52.4 Å². The summed E-state index contributed by atoms with van der Waals surface area (Å²) in [6.45, 7) is 6.25. The first-order chi connectivity index (χ1) is 49.8. The number of benzene rings is 2. The number of hydrogen-bond acceptors (Lipinski definition) is 20. The molecule has 0 unspecified atom stereocenters. The first-order valence-corrected chi connectivity index (χ1v) is 33.2. The quantitative estimate of drug-likeness (QED) is 0.0246. The van der Waals surface area contributed by atoms with E-state index in [9.17, 15) is 52.7 Å². The van der Waals surface area contributed by atoms with Gasteiger partial charge in [-0.05, 0) is 82.2 Å². The summed E-state index contributed by atoms with van der Waals surface area (Å²) in [6.07, 6.45) is 10.4. The number of methoxy groups -OCH3 is 2. The zero-order valence-corrected chi connectivity index (χ0v) is 59.5. The van der Waals surface area contributed by atoms with Crippen molar-refractivity contribution in [1.29, 1.82) is 0 Å². The van der Waals surface area contributed by atoms with Crippen LogP contribution in [0.3, 0.4) is 0 Å². The number of fused-ring (bicyclic) bond motifs is 1. The average molecular weight is 1440 g/mol. The molecule has 0 saturated carbocycles. The van der Waals surface area contributed by atoms with Gasteiger partial charge in [-0.15, -0.1) is 0 Å². The van der Waals surface area contributed by atoms with Crippen LogP contribution in [-0.2, 0) is 63.9 Å². The van der Waals surface area contributed by atoms with E-state index < -0.39 is 41.4 Å². The third kappa shape index (κ3) is 21.9. The molecule has 0 fully saturated rings. The highest BCUT2D eigenvalue weighted by atomic mass is 16.5. The Morgan fingerprint density at radius 3 is 1.57 bits per heavy atom. The molecular weight excluding hydrogens is 1350 g/mol. The second-order valence-corrected chi connectivity index (χ2v) is 24.2. The monoisotopic (exact) mass is 1440 g/mol. The molecule has 0 aliphatic carbocycles. The molecule has 10 amide bonds. The van der Waals surface area contributed by atoms with Gasteiger partial charge in [-0.1, -0.05) is 0 Å². The van der Waals surface area contributed by atoms with Gasteiger partial charge in [0.1, 0.15) is 39.8 Å². The van der Waals surface area contributed by atoms with Crippen LogP contribution in [0.2, 0.25) is 0 Å². The molecule has 36 nitrogen and oxygen atoms in total. The van der Waals surface area contributed by atoms with E-state index in [0.717, 1.165) is 11.1 Å². The SMILES string of the molecule is COc1cc(OC)c2c(=O)[nH]c(-c3cc(C)c(OCC(=O)NCCOCCC(=O)NCCCN(C)CCCNC(=O)CCNC(=O)c4nc(NC(=O)CCNC(=O)c5cc(NC(=O)c6nc(NC(=O)CCNC(=O)c7cc(NC(=O)c8nccn8C)cn7C)cn6C)cn5C)cn4C)c(C)c3)nc2c1. The van der Waals surface area contributed by atoms with Crippen molar-refractivity contribution >= 4 is 93.0 Å². The number of aromatic amines is 1. The molecule has 0 radical (unpaired) electrons. The number of amides is 10. The van der Waals surface area contributed by atoms with E-state index in [0.29, 0.717) is 84.2 Å². The molecule has 6 heterocycles. The molecule has 104 heavy (non-hydrogen) atoms. The Bertz CT molecular complexity index is 4500. The lowest BCUT2D eigenvalue weighted by Gasteiger charge is -2.17. The average Bonchev–Trinajstić information content (AvgIpc) is 1.78. The number of aryl methyl sites for hydroxylation is 7. The van der Waals surface area contributed by atoms with Gasteiger partial charge in [-0.25, -0.2) is 19.9 Å². The van der Waals surface area contributed by atoms with E-state index in [1.807, 2.05) is 33.0 Å². The molecule has 0 bridgehead atoms. The molecule has 2 aromatic carbocycles. The Hall–Kier alpha value is -12.2. The summed E-state index contributed by atoms with van der Waals surface area (Å²) in [5, 5.41) is 27.4. The summed E-state index contributed by atoms with van der Waals surface area (Å²) in [5.41, 5.74) is 3.22. The highest BCUT2D eigenvalue weighted by Gasteiger charge is 2.23. The van der Waals surface area contributed by atoms with E-state index in [2.05, 4.69) is 83.0 Å². The Balaban J connectivity index is 0.617. The molecule has 554 valence electrons. The van der Waals surface area contributed by atoms with Crippen LogP contribution in [0.1, 0.15) is 102 Å². The van der Waals surface area contributed by atoms with Gasteiger partial charge in [-0.3, -0.25) is 52.7 Å². The van der Waals surface area contributed by atoms with Crippen LogP contribution in [0.25, 0.3) is 22.3 Å². The minimum absolute atomic E-state index is 0.0104. The van der Waals surface area contributed by atoms with Crippen molar-refractivity contribution in [1.82, 2.24) is 84.6 Å². The van der Waals surface area contributed by atoms with Gasteiger partial charge >= 0.3 is 0 Å². The maximum atomic E-state index is 13.3. The van der Waals surface area contributed by atoms with E-state index in [-0.39, 0.29) is 141 Å². The Morgan fingerprint density at radius 2 is 1.03 bits per heavy atom. The molecule has 36 heteroatoms. The molecule has 8 rings (SSSR count). The highest BCUT2D eigenvalue weighted by molar-refractivity contribution is 6.05. The number of H-pyrrole nitrogens is 1. The molecule has 11 N–H and O–H groups in total. The van der Waals surface area contributed by atoms with Crippen molar-refractivity contribution < 1.29 is 66.9 Å². The second kappa shape index (κ2) is 36.9. The largest absolute Gasteiger partial charge is 0.497 e. The standard InChI is InChI=1S/C68H87N21O15/c1-40-29-42(59-78-46-33-45(101-9)34-49(102-10)57(46)65(97)83-59)30-41(2)58(40)104-39-56(94)71-23-28-103-27-16-53(91)70-18-12-25-84(3)24-11-17-69-52(90)13-19-75-66(98)61-81-50(37-88(61)7)79-54(92)14-20-74-64(96)48-32-44(36-87(48)6)77-68(100)62-82-51(38-89(62)8)80-55(93)15-21-73-63(95)47-31-43(35-86(47)5)76-67(99)60-72-22-26-85(60)4/h22,26,29-38H,11-21,23-25,27-28,39H2,1-10H3,(H,69,90)(H,70,91)(H,71,94)(H,73,95)(H,74,96)(H,75,98)(H,76,99)(H,77,100)(H,79,92)(H,80,93)(H,78,83,97). The van der Waals surface area contributed by atoms with Gasteiger partial charge in [0.05, 0.1) is 44.3 Å². The Morgan fingerprint density at radius 1 is 0.510 bits per heavy atom. The van der Waals surface area contributed by atoms with Crippen LogP contribution in [0.15, 0.2) is 78.4 Å². The smallest absolute Gasteiger partial charge is 0.291 e. The lowest BCUT2D eigenvalue weighted by atomic mass is 10.0. The lowest BCUT2D eigenvalue weighted by molar-refractivity contribution is -0.124. The van der Waals surface area contributed by atoms with Gasteiger partial charge in [0, 0.05) is 155 Å². The number of aromatic nitrogens is 10. The summed E-state index contributed by atoms with van der Waals surface area (Å²) in [5.74, 6) is -2.40. The third-order valence-corrected chi connectivity index (χ3v) is 16.0. The maximum absolute atomic E-state index is 13.3. The normalized spacial score (nSPS) is 11.0. The Labute approximate surface area is 597 Å². The minimum atomic E-state index is -0.643. The fourth-order valence-corrected chi connectivity index (χ4v) is 10.8. The predicted octanol–water partition coefficient (Wildman–Crippen LogP) is 1.79. The maximum Gasteiger partial charge on any atom is 0.291 e. The number of anilines is 4. The van der Waals surface area contributed by atoms with Gasteiger partial charge in [-0.2, -0.15) is 0 Å². The van der Waals surface area contributed by atoms with E-state index >= 15 is 0 Å². The van der Waals surface area contributed by atoms with Crippen molar-refractivity contribution in [2.24, 2.45) is 35.2 Å². The lowest BCUT2D eigenvalue weighted by Crippen LogP contribution is -2.33. The van der Waals surface area contributed by atoms with E-state index in [4.69, 9.17) is 18.9 Å². The number of rotatable bonds is 38. The highest BCUT2D eigenvalue weighted by Crippen LogP contribution is 2.32. The molecule has 0 atom stereocenters. The third-order valence-electron chi connectivity index (χ3n) is 16.0. The van der Waals surface area contributed by atoms with Crippen LogP contribution in [0.4, 0.5) is 23.0 Å². The zero-order chi connectivity index (χ0) is 75.1. The van der Waals surface area contributed by atoms with Crippen LogP contribution in [0.5, 0.6) is 17.2 Å². The van der Waals surface area contributed by atoms with Crippen LogP contribution in [-0.4, -0.2) is 205 Å². The summed E-state index contributed by atoms with van der Waals surface area (Å²) < 4.78 is 29.5. The number of hydrogen-bond donors (Lipinski definition) is 11. The second-order valence-electron chi connectivity index (χ2n) is 24.2. The van der Waals surface area contributed by atoms with Crippen LogP contribution in [0, 0.1) is 13.8 Å². The summed E-state index contributed by atoms with van der Waals surface area (Å²) in [4.78, 5) is 163. The van der Waals surface area contributed by atoms with Gasteiger partial charge in [0.2, 0.25) is 35.3 Å². The van der Waals surface area contributed by atoms with Crippen molar-refractivity contribution in [3.8, 4) is 28.6 Å². The molecular formula is C68H87N21O15. The summed E-state index contributed by atoms with van der Waals surface area (Å²) >= 11 is 0. The first kappa shape index (κ1) is 77.5. The van der Waals surface area contributed by atoms with Crippen LogP contribution < -0.4 is 72.9 Å². The first-order valence-electron chi connectivity index (χ1n) is 33.2. The molecule has 0 saturated heterocycles. The number of carbonyl (C=O) groups excluding carboxylic acids is 10. The molecule has 6 aromatic heterocycles. The molecule has 0 aliphatic rings.